The second-order valence-corrected chi connectivity index (χ2v) is 7.88. The van der Waals surface area contributed by atoms with E-state index in [-0.39, 0.29) is 18.4 Å². The van der Waals surface area contributed by atoms with Crippen LogP contribution in [-0.2, 0) is 16.1 Å². The Bertz CT molecular complexity index is 721. The third kappa shape index (κ3) is 3.90. The van der Waals surface area contributed by atoms with Crippen LogP contribution in [0.3, 0.4) is 0 Å². The number of imide groups is 1. The van der Waals surface area contributed by atoms with E-state index in [1.54, 1.807) is 6.26 Å². The highest BCUT2D eigenvalue weighted by molar-refractivity contribution is 6.08. The second-order valence-electron chi connectivity index (χ2n) is 7.88. The highest BCUT2D eigenvalue weighted by Gasteiger charge is 2.52. The minimum absolute atomic E-state index is 0.165. The third-order valence-electron chi connectivity index (χ3n) is 5.90. The van der Waals surface area contributed by atoms with Crippen LogP contribution < -0.4 is 10.7 Å². The molecule has 2 aliphatic heterocycles. The van der Waals surface area contributed by atoms with Crippen LogP contribution in [-0.4, -0.2) is 70.9 Å². The zero-order valence-electron chi connectivity index (χ0n) is 16.0. The molecular formula is C19H27N5O4. The number of nitrogens with one attached hydrogen (secondary N) is 2. The van der Waals surface area contributed by atoms with E-state index in [1.165, 1.54) is 0 Å². The molecule has 4 rings (SSSR count). The van der Waals surface area contributed by atoms with E-state index >= 15 is 0 Å². The van der Waals surface area contributed by atoms with Gasteiger partial charge >= 0.3 is 6.03 Å². The van der Waals surface area contributed by atoms with Gasteiger partial charge in [0.05, 0.1) is 19.4 Å². The molecule has 1 spiro atoms. The zero-order chi connectivity index (χ0) is 19.6. The third-order valence-corrected chi connectivity index (χ3v) is 5.90. The molecule has 2 saturated heterocycles. The van der Waals surface area contributed by atoms with Crippen molar-refractivity contribution in [2.75, 3.05) is 32.7 Å². The predicted octanol–water partition coefficient (Wildman–Crippen LogP) is 0.683. The molecule has 3 heterocycles. The van der Waals surface area contributed by atoms with Crippen molar-refractivity contribution in [1.29, 1.82) is 0 Å². The lowest BCUT2D eigenvalue weighted by Crippen LogP contribution is -2.54. The standard InChI is InChI=1S/C19H27N5O4/c25-16(14-23-10-8-22(9-11-23)13-15-5-4-12-28-15)21-24-17(26)19(20-18(24)27)6-2-1-3-7-19/h4-5,12H,1-3,6-11,13-14H2,(H,20,27)(H,21,25). The molecule has 2 N–H and O–H groups in total. The molecular weight excluding hydrogens is 362 g/mol. The van der Waals surface area contributed by atoms with Gasteiger partial charge in [-0.25, -0.2) is 4.79 Å². The summed E-state index contributed by atoms with van der Waals surface area (Å²) in [6.45, 7) is 4.09. The lowest BCUT2D eigenvalue weighted by atomic mass is 9.82. The van der Waals surface area contributed by atoms with E-state index in [1.807, 2.05) is 17.0 Å². The fourth-order valence-electron chi connectivity index (χ4n) is 4.31. The van der Waals surface area contributed by atoms with Gasteiger partial charge in [-0.15, -0.1) is 0 Å². The Morgan fingerprint density at radius 2 is 1.82 bits per heavy atom. The number of rotatable bonds is 5. The van der Waals surface area contributed by atoms with Gasteiger partial charge in [0.1, 0.15) is 11.3 Å². The average molecular weight is 389 g/mol. The first-order valence-corrected chi connectivity index (χ1v) is 9.99. The molecule has 1 aromatic rings. The maximum Gasteiger partial charge on any atom is 0.344 e. The number of piperazine rings is 1. The largest absolute Gasteiger partial charge is 0.468 e. The van der Waals surface area contributed by atoms with Gasteiger partial charge in [0.25, 0.3) is 11.8 Å². The number of carbonyl (C=O) groups is 3. The average Bonchev–Trinajstić information content (AvgIpc) is 3.27. The number of hydrazine groups is 1. The topological polar surface area (TPSA) is 98.1 Å². The van der Waals surface area contributed by atoms with Gasteiger partial charge in [-0.3, -0.25) is 24.8 Å². The van der Waals surface area contributed by atoms with E-state index in [0.717, 1.165) is 62.8 Å². The maximum atomic E-state index is 12.7. The van der Waals surface area contributed by atoms with Crippen LogP contribution in [0.15, 0.2) is 22.8 Å². The number of urea groups is 1. The van der Waals surface area contributed by atoms with Gasteiger partial charge < -0.3 is 9.73 Å². The molecule has 0 atom stereocenters. The number of hydrogen-bond donors (Lipinski definition) is 2. The smallest absolute Gasteiger partial charge is 0.344 e. The minimum atomic E-state index is -0.819. The number of amides is 4. The summed E-state index contributed by atoms with van der Waals surface area (Å²) < 4.78 is 5.37. The number of carbonyl (C=O) groups excluding carboxylic acids is 3. The highest BCUT2D eigenvalue weighted by atomic mass is 16.3. The quantitative estimate of drug-likeness (QED) is 0.719. The van der Waals surface area contributed by atoms with E-state index < -0.39 is 11.6 Å². The normalized spacial score (nSPS) is 23.2. The van der Waals surface area contributed by atoms with E-state index in [2.05, 4.69) is 15.6 Å². The number of hydrogen-bond acceptors (Lipinski definition) is 6. The summed E-state index contributed by atoms with van der Waals surface area (Å²) in [6, 6.07) is 3.31. The molecule has 3 fully saturated rings. The Hall–Kier alpha value is -2.39. The first kappa shape index (κ1) is 18.9. The summed E-state index contributed by atoms with van der Waals surface area (Å²) in [5.41, 5.74) is 1.69. The molecule has 1 aromatic heterocycles. The molecule has 0 aromatic carbocycles. The van der Waals surface area contributed by atoms with E-state index in [0.29, 0.717) is 12.8 Å². The van der Waals surface area contributed by atoms with Crippen LogP contribution in [0.2, 0.25) is 0 Å². The van der Waals surface area contributed by atoms with Crippen LogP contribution in [0.4, 0.5) is 4.79 Å². The summed E-state index contributed by atoms with van der Waals surface area (Å²) >= 11 is 0. The van der Waals surface area contributed by atoms with Gasteiger partial charge in [-0.05, 0) is 25.0 Å². The molecule has 9 nitrogen and oxygen atoms in total. The SMILES string of the molecule is O=C(CN1CCN(Cc2ccco2)CC1)NN1C(=O)NC2(CCCCC2)C1=O. The van der Waals surface area contributed by atoms with Crippen molar-refractivity contribution in [2.24, 2.45) is 0 Å². The van der Waals surface area contributed by atoms with Gasteiger partial charge in [0.15, 0.2) is 0 Å². The Balaban J connectivity index is 1.25. The van der Waals surface area contributed by atoms with Crippen molar-refractivity contribution in [3.8, 4) is 0 Å². The molecule has 152 valence electrons. The Labute approximate surface area is 164 Å². The molecule has 4 amide bonds. The highest BCUT2D eigenvalue weighted by Crippen LogP contribution is 2.32. The molecule has 9 heteroatoms. The van der Waals surface area contributed by atoms with Gasteiger partial charge in [0, 0.05) is 26.2 Å². The molecule has 0 bridgehead atoms. The Kier molecular flexibility index (Phi) is 5.36. The van der Waals surface area contributed by atoms with E-state index in [9.17, 15) is 14.4 Å². The summed E-state index contributed by atoms with van der Waals surface area (Å²) in [7, 11) is 0. The van der Waals surface area contributed by atoms with Crippen molar-refractivity contribution in [1.82, 2.24) is 25.6 Å². The molecule has 0 unspecified atom stereocenters. The second kappa shape index (κ2) is 7.92. The van der Waals surface area contributed by atoms with Gasteiger partial charge in [0.2, 0.25) is 0 Å². The molecule has 28 heavy (non-hydrogen) atoms. The van der Waals surface area contributed by atoms with Gasteiger partial charge in [-0.2, -0.15) is 5.01 Å². The molecule has 3 aliphatic rings. The fraction of sp³-hybridized carbons (Fsp3) is 0.632. The van der Waals surface area contributed by atoms with Crippen LogP contribution in [0, 0.1) is 0 Å². The van der Waals surface area contributed by atoms with Crippen LogP contribution in [0.5, 0.6) is 0 Å². The monoisotopic (exact) mass is 389 g/mol. The first-order valence-electron chi connectivity index (χ1n) is 9.99. The molecule has 0 radical (unpaired) electrons. The lowest BCUT2D eigenvalue weighted by Gasteiger charge is -2.34. The van der Waals surface area contributed by atoms with Crippen molar-refractivity contribution < 1.29 is 18.8 Å². The summed E-state index contributed by atoms with van der Waals surface area (Å²) in [5.74, 6) is 0.269. The minimum Gasteiger partial charge on any atom is -0.468 e. The van der Waals surface area contributed by atoms with Crippen molar-refractivity contribution in [3.63, 3.8) is 0 Å². The van der Waals surface area contributed by atoms with Crippen molar-refractivity contribution >= 4 is 17.8 Å². The predicted molar refractivity (Wildman–Crippen MR) is 99.8 cm³/mol. The molecule has 1 aliphatic carbocycles. The summed E-state index contributed by atoms with van der Waals surface area (Å²) in [4.78, 5) is 41.7. The summed E-state index contributed by atoms with van der Waals surface area (Å²) in [6.07, 6.45) is 5.85. The van der Waals surface area contributed by atoms with E-state index in [4.69, 9.17) is 4.42 Å². The maximum absolute atomic E-state index is 12.7. The summed E-state index contributed by atoms with van der Waals surface area (Å²) in [5, 5.41) is 3.67. The van der Waals surface area contributed by atoms with Crippen LogP contribution in [0.1, 0.15) is 37.9 Å². The van der Waals surface area contributed by atoms with Crippen molar-refractivity contribution in [3.05, 3.63) is 24.2 Å². The number of furan rings is 1. The molecule has 1 saturated carbocycles. The number of nitrogens with zero attached hydrogens (tertiary/aromatic N) is 3. The Morgan fingerprint density at radius 1 is 1.11 bits per heavy atom. The fourth-order valence-corrected chi connectivity index (χ4v) is 4.31. The van der Waals surface area contributed by atoms with Crippen LogP contribution >= 0.6 is 0 Å². The van der Waals surface area contributed by atoms with Gasteiger partial charge in [-0.1, -0.05) is 19.3 Å². The Morgan fingerprint density at radius 3 is 2.50 bits per heavy atom. The van der Waals surface area contributed by atoms with Crippen molar-refractivity contribution in [2.45, 2.75) is 44.2 Å². The van der Waals surface area contributed by atoms with Crippen LogP contribution in [0.25, 0.3) is 0 Å². The zero-order valence-corrected chi connectivity index (χ0v) is 16.0. The first-order chi connectivity index (χ1) is 13.6. The lowest BCUT2D eigenvalue weighted by molar-refractivity contribution is -0.140.